The van der Waals surface area contributed by atoms with Gasteiger partial charge in [-0.3, -0.25) is 0 Å². The number of methoxy groups -OCH3 is 1. The number of benzene rings is 2. The number of aryl methyl sites for hydroxylation is 1. The Morgan fingerprint density at radius 2 is 1.76 bits per heavy atom. The third kappa shape index (κ3) is 6.40. The molecule has 0 aliphatic rings. The van der Waals surface area contributed by atoms with Gasteiger partial charge in [0.1, 0.15) is 18.1 Å². The predicted molar refractivity (Wildman–Crippen MR) is 99.8 cm³/mol. The normalized spacial score (nSPS) is 11.3. The van der Waals surface area contributed by atoms with Crippen molar-refractivity contribution in [1.82, 2.24) is 4.72 Å². The van der Waals surface area contributed by atoms with Crippen LogP contribution in [0.2, 0.25) is 0 Å². The van der Waals surface area contributed by atoms with Gasteiger partial charge in [0.25, 0.3) is 0 Å². The molecular weight excluding hydrogens is 338 g/mol. The predicted octanol–water partition coefficient (Wildman–Crippen LogP) is 2.80. The first-order valence-electron chi connectivity index (χ1n) is 8.35. The van der Waals surface area contributed by atoms with E-state index < -0.39 is 10.0 Å². The van der Waals surface area contributed by atoms with Gasteiger partial charge in [-0.15, -0.1) is 0 Å². The van der Waals surface area contributed by atoms with Crippen LogP contribution in [0.15, 0.2) is 48.5 Å². The second-order valence-electron chi connectivity index (χ2n) is 5.62. The van der Waals surface area contributed by atoms with Crippen LogP contribution in [-0.2, 0) is 22.9 Å². The van der Waals surface area contributed by atoms with Gasteiger partial charge in [-0.2, -0.15) is 0 Å². The lowest BCUT2D eigenvalue weighted by Gasteiger charge is -2.10. The van der Waals surface area contributed by atoms with Crippen molar-refractivity contribution < 1.29 is 17.9 Å². The smallest absolute Gasteiger partial charge is 0.214 e. The van der Waals surface area contributed by atoms with Crippen molar-refractivity contribution in [3.05, 3.63) is 59.7 Å². The molecule has 0 fully saturated rings. The third-order valence-corrected chi connectivity index (χ3v) is 5.21. The molecule has 0 bridgehead atoms. The summed E-state index contributed by atoms with van der Waals surface area (Å²) in [4.78, 5) is 0. The fourth-order valence-corrected chi connectivity index (χ4v) is 3.27. The van der Waals surface area contributed by atoms with Crippen LogP contribution in [0, 0.1) is 0 Å². The Labute approximate surface area is 150 Å². The van der Waals surface area contributed by atoms with Gasteiger partial charge < -0.3 is 9.47 Å². The standard InChI is InChI=1S/C19H25NO4S/c1-3-16-8-10-18(11-9-16)24-14-15-25(21,22)20-13-12-17-6-4-5-7-19(17)23-2/h4-11,20H,3,12-15H2,1-2H3. The van der Waals surface area contributed by atoms with E-state index in [4.69, 9.17) is 9.47 Å². The van der Waals surface area contributed by atoms with E-state index in [9.17, 15) is 8.42 Å². The molecule has 25 heavy (non-hydrogen) atoms. The van der Waals surface area contributed by atoms with E-state index in [1.54, 1.807) is 7.11 Å². The molecule has 5 nitrogen and oxygen atoms in total. The maximum absolute atomic E-state index is 12.0. The summed E-state index contributed by atoms with van der Waals surface area (Å²) in [6, 6.07) is 15.3. The fourth-order valence-electron chi connectivity index (χ4n) is 2.41. The number of hydrogen-bond acceptors (Lipinski definition) is 4. The van der Waals surface area contributed by atoms with Crippen molar-refractivity contribution in [2.24, 2.45) is 0 Å². The van der Waals surface area contributed by atoms with Crippen LogP contribution in [0.3, 0.4) is 0 Å². The number of rotatable bonds is 10. The summed E-state index contributed by atoms with van der Waals surface area (Å²) in [6.07, 6.45) is 1.54. The number of hydrogen-bond donors (Lipinski definition) is 1. The molecule has 0 saturated carbocycles. The first-order valence-corrected chi connectivity index (χ1v) is 10.0. The Kier molecular flexibility index (Phi) is 7.28. The summed E-state index contributed by atoms with van der Waals surface area (Å²) >= 11 is 0. The van der Waals surface area contributed by atoms with Gasteiger partial charge in [0.2, 0.25) is 10.0 Å². The molecule has 0 aromatic heterocycles. The second-order valence-corrected chi connectivity index (χ2v) is 7.55. The monoisotopic (exact) mass is 363 g/mol. The minimum atomic E-state index is -3.37. The van der Waals surface area contributed by atoms with Crippen molar-refractivity contribution in [1.29, 1.82) is 0 Å². The zero-order valence-corrected chi connectivity index (χ0v) is 15.5. The van der Waals surface area contributed by atoms with Gasteiger partial charge in [0, 0.05) is 6.54 Å². The topological polar surface area (TPSA) is 64.6 Å². The highest BCUT2D eigenvalue weighted by atomic mass is 32.2. The fraction of sp³-hybridized carbons (Fsp3) is 0.368. The van der Waals surface area contributed by atoms with Crippen LogP contribution in [0.1, 0.15) is 18.1 Å². The highest BCUT2D eigenvalue weighted by molar-refractivity contribution is 7.89. The molecule has 6 heteroatoms. The largest absolute Gasteiger partial charge is 0.496 e. The van der Waals surface area contributed by atoms with Crippen LogP contribution < -0.4 is 14.2 Å². The second kappa shape index (κ2) is 9.44. The minimum Gasteiger partial charge on any atom is -0.496 e. The molecule has 0 saturated heterocycles. The third-order valence-electron chi connectivity index (χ3n) is 3.86. The lowest BCUT2D eigenvalue weighted by Crippen LogP contribution is -2.30. The van der Waals surface area contributed by atoms with E-state index in [0.29, 0.717) is 18.7 Å². The molecule has 2 aromatic rings. The van der Waals surface area contributed by atoms with Gasteiger partial charge in [-0.25, -0.2) is 13.1 Å². The van der Waals surface area contributed by atoms with Crippen LogP contribution in [0.25, 0.3) is 0 Å². The Bertz CT molecular complexity index is 757. The van der Waals surface area contributed by atoms with Crippen LogP contribution in [0.4, 0.5) is 0 Å². The molecule has 0 spiro atoms. The summed E-state index contributed by atoms with van der Waals surface area (Å²) in [6.45, 7) is 2.53. The van der Waals surface area contributed by atoms with Crippen LogP contribution in [0.5, 0.6) is 11.5 Å². The van der Waals surface area contributed by atoms with Gasteiger partial charge in [0.15, 0.2) is 0 Å². The number of ether oxygens (including phenoxy) is 2. The van der Waals surface area contributed by atoms with Crippen molar-refractivity contribution in [2.75, 3.05) is 26.0 Å². The van der Waals surface area contributed by atoms with E-state index in [-0.39, 0.29) is 12.4 Å². The maximum atomic E-state index is 12.0. The van der Waals surface area contributed by atoms with Gasteiger partial charge in [-0.05, 0) is 42.2 Å². The highest BCUT2D eigenvalue weighted by Gasteiger charge is 2.11. The van der Waals surface area contributed by atoms with Gasteiger partial charge in [0.05, 0.1) is 12.9 Å². The number of para-hydroxylation sites is 1. The van der Waals surface area contributed by atoms with Gasteiger partial charge in [-0.1, -0.05) is 37.3 Å². The first-order chi connectivity index (χ1) is 12.0. The SMILES string of the molecule is CCc1ccc(OCCS(=O)(=O)NCCc2ccccc2OC)cc1. The zero-order valence-electron chi connectivity index (χ0n) is 14.7. The lowest BCUT2D eigenvalue weighted by molar-refractivity contribution is 0.340. The molecule has 0 heterocycles. The molecule has 0 aliphatic heterocycles. The lowest BCUT2D eigenvalue weighted by atomic mass is 10.1. The molecule has 0 amide bonds. The number of nitrogens with one attached hydrogen (secondary N) is 1. The van der Waals surface area contributed by atoms with E-state index in [1.807, 2.05) is 48.5 Å². The van der Waals surface area contributed by atoms with Crippen molar-refractivity contribution in [3.63, 3.8) is 0 Å². The Morgan fingerprint density at radius 1 is 1.04 bits per heavy atom. The van der Waals surface area contributed by atoms with Gasteiger partial charge >= 0.3 is 0 Å². The Hall–Kier alpha value is -2.05. The average molecular weight is 363 g/mol. The van der Waals surface area contributed by atoms with Crippen molar-refractivity contribution in [3.8, 4) is 11.5 Å². The molecular formula is C19H25NO4S. The molecule has 0 atom stereocenters. The summed E-state index contributed by atoms with van der Waals surface area (Å²) in [5.41, 5.74) is 2.19. The number of sulfonamides is 1. The molecule has 2 aromatic carbocycles. The molecule has 1 N–H and O–H groups in total. The van der Waals surface area contributed by atoms with Crippen LogP contribution in [-0.4, -0.2) is 34.4 Å². The average Bonchev–Trinajstić information content (AvgIpc) is 2.62. The zero-order chi connectivity index (χ0) is 18.1. The summed E-state index contributed by atoms with van der Waals surface area (Å²) in [7, 11) is -1.77. The Balaban J connectivity index is 1.75. The Morgan fingerprint density at radius 3 is 2.44 bits per heavy atom. The maximum Gasteiger partial charge on any atom is 0.214 e. The van der Waals surface area contributed by atoms with Crippen molar-refractivity contribution >= 4 is 10.0 Å². The summed E-state index contributed by atoms with van der Waals surface area (Å²) in [5.74, 6) is 1.37. The van der Waals surface area contributed by atoms with E-state index in [0.717, 1.165) is 17.7 Å². The minimum absolute atomic E-state index is 0.0749. The summed E-state index contributed by atoms with van der Waals surface area (Å²) < 4.78 is 37.5. The van der Waals surface area contributed by atoms with E-state index >= 15 is 0 Å². The molecule has 136 valence electrons. The van der Waals surface area contributed by atoms with Crippen LogP contribution >= 0.6 is 0 Å². The molecule has 2 rings (SSSR count). The van der Waals surface area contributed by atoms with E-state index in [2.05, 4.69) is 11.6 Å². The first kappa shape index (κ1) is 19.3. The highest BCUT2D eigenvalue weighted by Crippen LogP contribution is 2.17. The van der Waals surface area contributed by atoms with Crippen molar-refractivity contribution in [2.45, 2.75) is 19.8 Å². The quantitative estimate of drug-likeness (QED) is 0.705. The molecule has 0 radical (unpaired) electrons. The molecule has 0 aliphatic carbocycles. The van der Waals surface area contributed by atoms with E-state index in [1.165, 1.54) is 5.56 Å². The molecule has 0 unspecified atom stereocenters. The summed E-state index contributed by atoms with van der Waals surface area (Å²) in [5, 5.41) is 0.